The first-order chi connectivity index (χ1) is 13.6. The maximum absolute atomic E-state index is 12.9. The SMILES string of the molecule is CCn1c(=O)[nH]c2cc(C(=O)N3CCN(C(=O)OC(C)(C)C)CC3)ccc2c1=O. The molecular weight excluding hydrogens is 376 g/mol. The van der Waals surface area contributed by atoms with E-state index in [1.54, 1.807) is 28.9 Å². The molecule has 0 radical (unpaired) electrons. The lowest BCUT2D eigenvalue weighted by Gasteiger charge is -2.35. The van der Waals surface area contributed by atoms with Gasteiger partial charge in [-0.05, 0) is 45.9 Å². The molecule has 1 fully saturated rings. The Kier molecular flexibility index (Phi) is 5.50. The van der Waals surface area contributed by atoms with Gasteiger partial charge in [-0.25, -0.2) is 9.59 Å². The summed E-state index contributed by atoms with van der Waals surface area (Å²) in [4.78, 5) is 55.3. The minimum Gasteiger partial charge on any atom is -0.444 e. The van der Waals surface area contributed by atoms with Crippen LogP contribution < -0.4 is 11.2 Å². The van der Waals surface area contributed by atoms with Crippen molar-refractivity contribution in [1.29, 1.82) is 0 Å². The molecule has 0 saturated carbocycles. The Bertz CT molecular complexity index is 1060. The van der Waals surface area contributed by atoms with Gasteiger partial charge in [0.25, 0.3) is 11.5 Å². The van der Waals surface area contributed by atoms with E-state index in [0.717, 1.165) is 4.57 Å². The normalized spacial score (nSPS) is 14.9. The van der Waals surface area contributed by atoms with E-state index in [1.165, 1.54) is 6.07 Å². The summed E-state index contributed by atoms with van der Waals surface area (Å²) in [5.74, 6) is -0.212. The van der Waals surface area contributed by atoms with Crippen LogP contribution in [0.1, 0.15) is 38.1 Å². The van der Waals surface area contributed by atoms with E-state index in [0.29, 0.717) is 42.6 Å². The van der Waals surface area contributed by atoms with Crippen LogP contribution in [0.4, 0.5) is 4.79 Å². The van der Waals surface area contributed by atoms with Crippen molar-refractivity contribution >= 4 is 22.9 Å². The molecule has 0 atom stereocenters. The largest absolute Gasteiger partial charge is 0.444 e. The summed E-state index contributed by atoms with van der Waals surface area (Å²) >= 11 is 0. The predicted molar refractivity (Wildman–Crippen MR) is 108 cm³/mol. The number of benzene rings is 1. The lowest BCUT2D eigenvalue weighted by Crippen LogP contribution is -2.51. The number of piperazine rings is 1. The van der Waals surface area contributed by atoms with Crippen LogP contribution in [0.25, 0.3) is 10.9 Å². The fraction of sp³-hybridized carbons (Fsp3) is 0.500. The lowest BCUT2D eigenvalue weighted by atomic mass is 10.1. The molecule has 2 heterocycles. The van der Waals surface area contributed by atoms with E-state index in [-0.39, 0.29) is 24.1 Å². The third kappa shape index (κ3) is 4.33. The Hall–Kier alpha value is -3.10. The fourth-order valence-corrected chi connectivity index (χ4v) is 3.28. The second-order valence-corrected chi connectivity index (χ2v) is 8.00. The van der Waals surface area contributed by atoms with Crippen LogP contribution in [0.2, 0.25) is 0 Å². The average Bonchev–Trinajstić information content (AvgIpc) is 2.66. The minimum atomic E-state index is -0.567. The summed E-state index contributed by atoms with van der Waals surface area (Å²) in [7, 11) is 0. The van der Waals surface area contributed by atoms with Crippen LogP contribution >= 0.6 is 0 Å². The van der Waals surface area contributed by atoms with Crippen molar-refractivity contribution in [3.8, 4) is 0 Å². The average molecular weight is 402 g/mol. The van der Waals surface area contributed by atoms with E-state index < -0.39 is 11.3 Å². The number of aromatic amines is 1. The monoisotopic (exact) mass is 402 g/mol. The highest BCUT2D eigenvalue weighted by Crippen LogP contribution is 2.15. The number of amides is 2. The number of nitrogens with zero attached hydrogens (tertiary/aromatic N) is 3. The van der Waals surface area contributed by atoms with Crippen LogP contribution in [0.3, 0.4) is 0 Å². The third-order valence-electron chi connectivity index (χ3n) is 4.76. The Balaban J connectivity index is 1.75. The zero-order chi connectivity index (χ0) is 21.3. The van der Waals surface area contributed by atoms with Crippen molar-refractivity contribution in [2.75, 3.05) is 26.2 Å². The molecular formula is C20H26N4O5. The molecule has 29 heavy (non-hydrogen) atoms. The van der Waals surface area contributed by atoms with E-state index in [2.05, 4.69) is 4.98 Å². The first-order valence-corrected chi connectivity index (χ1v) is 9.65. The van der Waals surface area contributed by atoms with Gasteiger partial charge >= 0.3 is 11.8 Å². The molecule has 2 amide bonds. The van der Waals surface area contributed by atoms with Crippen molar-refractivity contribution in [2.45, 2.75) is 39.8 Å². The van der Waals surface area contributed by atoms with Gasteiger partial charge in [0.1, 0.15) is 5.60 Å². The van der Waals surface area contributed by atoms with Crippen molar-refractivity contribution < 1.29 is 14.3 Å². The molecule has 0 aliphatic carbocycles. The maximum atomic E-state index is 12.9. The van der Waals surface area contributed by atoms with Gasteiger partial charge in [-0.3, -0.25) is 14.2 Å². The first kappa shape index (κ1) is 20.6. The summed E-state index contributed by atoms with van der Waals surface area (Å²) in [5, 5.41) is 0.359. The Labute approximate surface area is 167 Å². The first-order valence-electron chi connectivity index (χ1n) is 9.65. The molecule has 0 bridgehead atoms. The zero-order valence-electron chi connectivity index (χ0n) is 17.2. The number of rotatable bonds is 2. The lowest BCUT2D eigenvalue weighted by molar-refractivity contribution is 0.0141. The molecule has 0 spiro atoms. The van der Waals surface area contributed by atoms with E-state index in [9.17, 15) is 19.2 Å². The number of ether oxygens (including phenoxy) is 1. The van der Waals surface area contributed by atoms with Crippen molar-refractivity contribution in [3.63, 3.8) is 0 Å². The summed E-state index contributed by atoms with van der Waals surface area (Å²) in [6, 6.07) is 4.68. The molecule has 9 heteroatoms. The number of nitrogens with one attached hydrogen (secondary N) is 1. The predicted octanol–water partition coefficient (Wildman–Crippen LogP) is 1.40. The van der Waals surface area contributed by atoms with Gasteiger partial charge in [0.05, 0.1) is 10.9 Å². The van der Waals surface area contributed by atoms with Crippen molar-refractivity contribution in [2.24, 2.45) is 0 Å². The third-order valence-corrected chi connectivity index (χ3v) is 4.76. The fourth-order valence-electron chi connectivity index (χ4n) is 3.28. The van der Waals surface area contributed by atoms with Gasteiger partial charge in [0.2, 0.25) is 0 Å². The maximum Gasteiger partial charge on any atom is 0.410 e. The van der Waals surface area contributed by atoms with Crippen LogP contribution in [0.15, 0.2) is 27.8 Å². The molecule has 3 rings (SSSR count). The van der Waals surface area contributed by atoms with Gasteiger partial charge in [0.15, 0.2) is 0 Å². The smallest absolute Gasteiger partial charge is 0.410 e. The van der Waals surface area contributed by atoms with Gasteiger partial charge in [-0.2, -0.15) is 0 Å². The molecule has 1 N–H and O–H groups in total. The van der Waals surface area contributed by atoms with E-state index >= 15 is 0 Å². The molecule has 9 nitrogen and oxygen atoms in total. The van der Waals surface area contributed by atoms with Gasteiger partial charge < -0.3 is 19.5 Å². The number of carbonyl (C=O) groups is 2. The highest BCUT2D eigenvalue weighted by molar-refractivity contribution is 5.97. The minimum absolute atomic E-state index is 0.212. The van der Waals surface area contributed by atoms with Crippen LogP contribution in [0.5, 0.6) is 0 Å². The summed E-state index contributed by atoms with van der Waals surface area (Å²) in [6.45, 7) is 8.94. The number of aromatic nitrogens is 2. The number of hydrogen-bond acceptors (Lipinski definition) is 5. The number of fused-ring (bicyclic) bond motifs is 1. The molecule has 1 aliphatic heterocycles. The molecule has 1 aromatic heterocycles. The zero-order valence-corrected chi connectivity index (χ0v) is 17.2. The Morgan fingerprint density at radius 2 is 1.69 bits per heavy atom. The van der Waals surface area contributed by atoms with Gasteiger partial charge in [0, 0.05) is 38.3 Å². The van der Waals surface area contributed by atoms with Crippen molar-refractivity contribution in [1.82, 2.24) is 19.4 Å². The molecule has 1 aromatic carbocycles. The second kappa shape index (κ2) is 7.73. The van der Waals surface area contributed by atoms with E-state index in [1.807, 2.05) is 20.8 Å². The summed E-state index contributed by atoms with van der Waals surface area (Å²) < 4.78 is 6.48. The quantitative estimate of drug-likeness (QED) is 0.818. The van der Waals surface area contributed by atoms with Gasteiger partial charge in [-0.15, -0.1) is 0 Å². The topological polar surface area (TPSA) is 105 Å². The summed E-state index contributed by atoms with van der Waals surface area (Å²) in [6.07, 6.45) is -0.389. The number of carbonyl (C=O) groups excluding carboxylic acids is 2. The van der Waals surface area contributed by atoms with E-state index in [4.69, 9.17) is 4.74 Å². The highest BCUT2D eigenvalue weighted by Gasteiger charge is 2.28. The molecule has 2 aromatic rings. The number of H-pyrrole nitrogens is 1. The Morgan fingerprint density at radius 3 is 2.28 bits per heavy atom. The van der Waals surface area contributed by atoms with Crippen LogP contribution in [-0.2, 0) is 11.3 Å². The Morgan fingerprint density at radius 1 is 1.07 bits per heavy atom. The standard InChI is InChI=1S/C20H26N4O5/c1-5-24-17(26)14-7-6-13(12-15(14)21-18(24)27)16(25)22-8-10-23(11-9-22)19(28)29-20(2,3)4/h6-7,12H,5,8-11H2,1-4H3,(H,21,27). The molecule has 1 aliphatic rings. The molecule has 1 saturated heterocycles. The van der Waals surface area contributed by atoms with Crippen molar-refractivity contribution in [3.05, 3.63) is 44.6 Å². The molecule has 0 unspecified atom stereocenters. The number of hydrogen-bond donors (Lipinski definition) is 1. The van der Waals surface area contributed by atoms with Gasteiger partial charge in [-0.1, -0.05) is 0 Å². The van der Waals surface area contributed by atoms with Crippen LogP contribution in [0, 0.1) is 0 Å². The highest BCUT2D eigenvalue weighted by atomic mass is 16.6. The van der Waals surface area contributed by atoms with Crippen LogP contribution in [-0.4, -0.2) is 63.1 Å². The second-order valence-electron chi connectivity index (χ2n) is 8.00. The molecule has 156 valence electrons. The summed E-state index contributed by atoms with van der Waals surface area (Å²) in [5.41, 5.74) is -0.727.